The van der Waals surface area contributed by atoms with Crippen molar-refractivity contribution in [1.82, 2.24) is 9.97 Å². The standard InChI is InChI=1S/C10H9ClN2O2S/c11-6-1-2-7-8(5-6)13-10(12-7)16-4-3-9(14)15/h1-2,5H,3-4H2,(H,12,13)(H,14,15). The Morgan fingerprint density at radius 3 is 3.12 bits per heavy atom. The van der Waals surface area contributed by atoms with Crippen molar-refractivity contribution in [1.29, 1.82) is 0 Å². The Morgan fingerprint density at radius 1 is 1.56 bits per heavy atom. The van der Waals surface area contributed by atoms with Gasteiger partial charge in [-0.1, -0.05) is 23.4 Å². The van der Waals surface area contributed by atoms with Gasteiger partial charge in [-0.15, -0.1) is 0 Å². The molecule has 0 bridgehead atoms. The van der Waals surface area contributed by atoms with Gasteiger partial charge in [0.25, 0.3) is 0 Å². The number of halogens is 1. The van der Waals surface area contributed by atoms with E-state index in [4.69, 9.17) is 16.7 Å². The number of hydrogen-bond donors (Lipinski definition) is 2. The van der Waals surface area contributed by atoms with Crippen LogP contribution in [0.25, 0.3) is 11.0 Å². The number of carboxylic acid groups (broad SMARTS) is 1. The number of hydrogen-bond acceptors (Lipinski definition) is 3. The number of H-pyrrole nitrogens is 1. The third kappa shape index (κ3) is 2.68. The van der Waals surface area contributed by atoms with Crippen LogP contribution in [0, 0.1) is 0 Å². The number of nitrogens with zero attached hydrogens (tertiary/aromatic N) is 1. The van der Waals surface area contributed by atoms with E-state index >= 15 is 0 Å². The van der Waals surface area contributed by atoms with Crippen LogP contribution < -0.4 is 0 Å². The van der Waals surface area contributed by atoms with E-state index in [2.05, 4.69) is 9.97 Å². The first-order valence-corrected chi connectivity index (χ1v) is 6.01. The summed E-state index contributed by atoms with van der Waals surface area (Å²) in [6.45, 7) is 0. The summed E-state index contributed by atoms with van der Waals surface area (Å²) in [7, 11) is 0. The molecule has 1 aromatic heterocycles. The Hall–Kier alpha value is -1.20. The molecule has 84 valence electrons. The average molecular weight is 257 g/mol. The molecule has 0 atom stereocenters. The molecule has 2 aromatic rings. The number of fused-ring (bicyclic) bond motifs is 1. The molecule has 0 spiro atoms. The van der Waals surface area contributed by atoms with Crippen molar-refractivity contribution < 1.29 is 9.90 Å². The maximum atomic E-state index is 10.3. The highest BCUT2D eigenvalue weighted by Crippen LogP contribution is 2.22. The summed E-state index contributed by atoms with van der Waals surface area (Å²) in [5.74, 6) is -0.297. The van der Waals surface area contributed by atoms with Crippen molar-refractivity contribution in [3.8, 4) is 0 Å². The first-order valence-electron chi connectivity index (χ1n) is 4.65. The fourth-order valence-electron chi connectivity index (χ4n) is 1.26. The van der Waals surface area contributed by atoms with Crippen molar-refractivity contribution >= 4 is 40.4 Å². The van der Waals surface area contributed by atoms with Gasteiger partial charge in [-0.2, -0.15) is 0 Å². The molecule has 2 rings (SSSR count). The minimum absolute atomic E-state index is 0.127. The molecule has 0 aliphatic carbocycles. The molecule has 0 saturated carbocycles. The van der Waals surface area contributed by atoms with Crippen LogP contribution in [-0.2, 0) is 4.79 Å². The second kappa shape index (κ2) is 4.76. The number of aromatic nitrogens is 2. The highest BCUT2D eigenvalue weighted by atomic mass is 35.5. The molecule has 0 aliphatic heterocycles. The predicted molar refractivity (Wildman–Crippen MR) is 64.1 cm³/mol. The molecule has 0 unspecified atom stereocenters. The van der Waals surface area contributed by atoms with Crippen LogP contribution in [0.15, 0.2) is 23.4 Å². The minimum Gasteiger partial charge on any atom is -0.481 e. The number of carbonyl (C=O) groups is 1. The molecule has 1 heterocycles. The minimum atomic E-state index is -0.799. The van der Waals surface area contributed by atoms with Crippen LogP contribution in [0.1, 0.15) is 6.42 Å². The molecule has 0 saturated heterocycles. The van der Waals surface area contributed by atoms with Crippen LogP contribution >= 0.6 is 23.4 Å². The van der Waals surface area contributed by atoms with E-state index in [1.807, 2.05) is 6.07 Å². The number of benzene rings is 1. The first kappa shape index (κ1) is 11.3. The van der Waals surface area contributed by atoms with E-state index in [9.17, 15) is 4.79 Å². The van der Waals surface area contributed by atoms with Crippen molar-refractivity contribution in [2.45, 2.75) is 11.6 Å². The van der Waals surface area contributed by atoms with Gasteiger partial charge in [-0.25, -0.2) is 4.98 Å². The topological polar surface area (TPSA) is 66.0 Å². The zero-order valence-electron chi connectivity index (χ0n) is 8.24. The zero-order chi connectivity index (χ0) is 11.5. The number of thioether (sulfide) groups is 1. The van der Waals surface area contributed by atoms with Crippen LogP contribution in [0.4, 0.5) is 0 Å². The van der Waals surface area contributed by atoms with Gasteiger partial charge in [0.05, 0.1) is 17.5 Å². The summed E-state index contributed by atoms with van der Waals surface area (Å²) in [4.78, 5) is 17.7. The molecule has 2 N–H and O–H groups in total. The van der Waals surface area contributed by atoms with Gasteiger partial charge in [0, 0.05) is 10.8 Å². The largest absolute Gasteiger partial charge is 0.481 e. The van der Waals surface area contributed by atoms with Crippen LogP contribution in [0.2, 0.25) is 5.02 Å². The van der Waals surface area contributed by atoms with E-state index in [1.165, 1.54) is 11.8 Å². The third-order valence-corrected chi connectivity index (χ3v) is 3.09. The SMILES string of the molecule is O=C(O)CCSc1nc2ccc(Cl)cc2[nH]1. The summed E-state index contributed by atoms with van der Waals surface area (Å²) < 4.78 is 0. The lowest BCUT2D eigenvalue weighted by Gasteiger charge is -1.92. The van der Waals surface area contributed by atoms with Gasteiger partial charge in [0.1, 0.15) is 0 Å². The molecular weight excluding hydrogens is 248 g/mol. The number of imidazole rings is 1. The van der Waals surface area contributed by atoms with Gasteiger partial charge in [-0.05, 0) is 18.2 Å². The number of aliphatic carboxylic acids is 1. The molecule has 1 aromatic carbocycles. The van der Waals surface area contributed by atoms with E-state index in [0.29, 0.717) is 10.8 Å². The smallest absolute Gasteiger partial charge is 0.304 e. The first-order chi connectivity index (χ1) is 7.65. The van der Waals surface area contributed by atoms with Gasteiger partial charge < -0.3 is 10.1 Å². The fourth-order valence-corrected chi connectivity index (χ4v) is 2.25. The van der Waals surface area contributed by atoms with Gasteiger partial charge in [0.2, 0.25) is 0 Å². The monoisotopic (exact) mass is 256 g/mol. The summed E-state index contributed by atoms with van der Waals surface area (Å²) >= 11 is 7.23. The van der Waals surface area contributed by atoms with Gasteiger partial charge in [0.15, 0.2) is 5.16 Å². The lowest BCUT2D eigenvalue weighted by molar-refractivity contribution is -0.136. The summed E-state index contributed by atoms with van der Waals surface area (Å²) in [6.07, 6.45) is 0.127. The Kier molecular flexibility index (Phi) is 3.36. The van der Waals surface area contributed by atoms with E-state index in [0.717, 1.165) is 16.2 Å². The summed E-state index contributed by atoms with van der Waals surface area (Å²) in [6, 6.07) is 5.40. The Bertz CT molecular complexity index is 527. The molecule has 6 heteroatoms. The number of aromatic amines is 1. The highest BCUT2D eigenvalue weighted by molar-refractivity contribution is 7.99. The lowest BCUT2D eigenvalue weighted by Crippen LogP contribution is -1.95. The Balaban J connectivity index is 2.10. The second-order valence-electron chi connectivity index (χ2n) is 3.20. The molecule has 0 fully saturated rings. The summed E-state index contributed by atoms with van der Waals surface area (Å²) in [5.41, 5.74) is 1.70. The maximum Gasteiger partial charge on any atom is 0.304 e. The van der Waals surface area contributed by atoms with Crippen molar-refractivity contribution in [3.63, 3.8) is 0 Å². The molecule has 0 radical (unpaired) electrons. The van der Waals surface area contributed by atoms with Crippen LogP contribution in [-0.4, -0.2) is 26.8 Å². The molecule has 16 heavy (non-hydrogen) atoms. The van der Waals surface area contributed by atoms with Crippen molar-refractivity contribution in [3.05, 3.63) is 23.2 Å². The van der Waals surface area contributed by atoms with Gasteiger partial charge >= 0.3 is 5.97 Å². The maximum absolute atomic E-state index is 10.3. The van der Waals surface area contributed by atoms with Crippen LogP contribution in [0.5, 0.6) is 0 Å². The van der Waals surface area contributed by atoms with Crippen LogP contribution in [0.3, 0.4) is 0 Å². The number of nitrogens with one attached hydrogen (secondary N) is 1. The predicted octanol–water partition coefficient (Wildman–Crippen LogP) is 2.78. The molecule has 0 amide bonds. The van der Waals surface area contributed by atoms with Gasteiger partial charge in [-0.3, -0.25) is 4.79 Å². The van der Waals surface area contributed by atoms with E-state index in [-0.39, 0.29) is 6.42 Å². The lowest BCUT2D eigenvalue weighted by atomic mass is 10.3. The average Bonchev–Trinajstić information content (AvgIpc) is 2.58. The highest BCUT2D eigenvalue weighted by Gasteiger charge is 2.04. The molecule has 4 nitrogen and oxygen atoms in total. The molecular formula is C10H9ClN2O2S. The van der Waals surface area contributed by atoms with E-state index in [1.54, 1.807) is 12.1 Å². The Labute approximate surface area is 101 Å². The number of rotatable bonds is 4. The quantitative estimate of drug-likeness (QED) is 0.826. The third-order valence-electron chi connectivity index (χ3n) is 1.98. The molecule has 0 aliphatic rings. The second-order valence-corrected chi connectivity index (χ2v) is 4.72. The fraction of sp³-hybridized carbons (Fsp3) is 0.200. The number of carboxylic acids is 1. The normalized spacial score (nSPS) is 10.8. The zero-order valence-corrected chi connectivity index (χ0v) is 9.81. The van der Waals surface area contributed by atoms with Crippen molar-refractivity contribution in [2.24, 2.45) is 0 Å². The Morgan fingerprint density at radius 2 is 2.38 bits per heavy atom. The van der Waals surface area contributed by atoms with Crippen molar-refractivity contribution in [2.75, 3.05) is 5.75 Å². The summed E-state index contributed by atoms with van der Waals surface area (Å²) in [5, 5.41) is 9.88. The van der Waals surface area contributed by atoms with E-state index < -0.39 is 5.97 Å².